The van der Waals surface area contributed by atoms with Gasteiger partial charge in [-0.05, 0) is 18.4 Å². The number of carbonyl (C=O) groups is 4. The Morgan fingerprint density at radius 2 is 1.69 bits per heavy atom. The summed E-state index contributed by atoms with van der Waals surface area (Å²) in [6.07, 6.45) is 2.12. The molecule has 8 nitrogen and oxygen atoms in total. The molecule has 2 N–H and O–H groups in total. The number of primary amides is 1. The van der Waals surface area contributed by atoms with Crippen molar-refractivity contribution in [2.45, 2.75) is 38.1 Å². The summed E-state index contributed by atoms with van der Waals surface area (Å²) in [5.41, 5.74) is 6.79. The van der Waals surface area contributed by atoms with Crippen molar-refractivity contribution in [3.8, 4) is 0 Å². The van der Waals surface area contributed by atoms with Crippen molar-refractivity contribution in [3.63, 3.8) is 0 Å². The maximum atomic E-state index is 12.7. The first-order valence-corrected chi connectivity index (χ1v) is 10.1. The molecule has 3 rings (SSSR count). The molecule has 0 spiro atoms. The van der Waals surface area contributed by atoms with Crippen molar-refractivity contribution in [2.24, 2.45) is 5.73 Å². The van der Waals surface area contributed by atoms with Gasteiger partial charge in [0.05, 0.1) is 0 Å². The Labute approximate surface area is 170 Å². The first-order valence-electron chi connectivity index (χ1n) is 10.1. The van der Waals surface area contributed by atoms with Crippen LogP contribution in [-0.2, 0) is 25.6 Å². The first-order chi connectivity index (χ1) is 14.0. The molecule has 156 valence electrons. The normalized spacial score (nSPS) is 20.8. The molecule has 2 saturated heterocycles. The number of rotatable bonds is 7. The number of hydrogen-bond acceptors (Lipinski definition) is 5. The number of nitrogens with zero attached hydrogens (tertiary/aromatic N) is 3. The summed E-state index contributed by atoms with van der Waals surface area (Å²) in [4.78, 5) is 53.3. The standard InChI is InChI=1S/C21H28N4O4/c22-21(29)17-15-23(11-9-16-5-2-1-3-6-16)13-14-24(17)20(28)10-12-25-18(26)7-4-8-19(25)27/h1-3,5-6,17H,4,7-15H2,(H2,22,29). The fourth-order valence-electron chi connectivity index (χ4n) is 3.92. The van der Waals surface area contributed by atoms with Gasteiger partial charge in [0.2, 0.25) is 23.6 Å². The van der Waals surface area contributed by atoms with Crippen LogP contribution in [0.25, 0.3) is 0 Å². The lowest BCUT2D eigenvalue weighted by molar-refractivity contribution is -0.149. The van der Waals surface area contributed by atoms with Gasteiger partial charge in [0, 0.05) is 52.0 Å². The molecule has 0 bridgehead atoms. The second kappa shape index (κ2) is 9.65. The predicted octanol–water partition coefficient (Wildman–Crippen LogP) is 0.156. The Kier molecular flexibility index (Phi) is 6.98. The maximum absolute atomic E-state index is 12.7. The van der Waals surface area contributed by atoms with Crippen LogP contribution in [0.4, 0.5) is 0 Å². The van der Waals surface area contributed by atoms with Crippen molar-refractivity contribution in [2.75, 3.05) is 32.7 Å². The van der Waals surface area contributed by atoms with E-state index in [9.17, 15) is 19.2 Å². The quantitative estimate of drug-likeness (QED) is 0.657. The number of hydrogen-bond donors (Lipinski definition) is 1. The molecule has 2 aliphatic heterocycles. The van der Waals surface area contributed by atoms with Gasteiger partial charge in [0.1, 0.15) is 6.04 Å². The molecular weight excluding hydrogens is 372 g/mol. The van der Waals surface area contributed by atoms with Crippen molar-refractivity contribution >= 4 is 23.6 Å². The molecule has 2 fully saturated rings. The van der Waals surface area contributed by atoms with Gasteiger partial charge in [-0.25, -0.2) is 0 Å². The Balaban J connectivity index is 1.53. The van der Waals surface area contributed by atoms with E-state index in [1.165, 1.54) is 10.5 Å². The topological polar surface area (TPSA) is 104 Å². The lowest BCUT2D eigenvalue weighted by Gasteiger charge is -2.40. The molecular formula is C21H28N4O4. The van der Waals surface area contributed by atoms with Crippen LogP contribution in [0.5, 0.6) is 0 Å². The number of imide groups is 1. The van der Waals surface area contributed by atoms with Crippen LogP contribution in [0.15, 0.2) is 30.3 Å². The number of benzene rings is 1. The molecule has 1 atom stereocenters. The zero-order valence-electron chi connectivity index (χ0n) is 16.6. The third-order valence-electron chi connectivity index (χ3n) is 5.61. The summed E-state index contributed by atoms with van der Waals surface area (Å²) < 4.78 is 0. The van der Waals surface area contributed by atoms with E-state index in [-0.39, 0.29) is 30.7 Å². The van der Waals surface area contributed by atoms with Gasteiger partial charge in [-0.1, -0.05) is 30.3 Å². The highest BCUT2D eigenvalue weighted by Gasteiger charge is 2.34. The molecule has 0 saturated carbocycles. The van der Waals surface area contributed by atoms with Crippen LogP contribution < -0.4 is 5.73 Å². The van der Waals surface area contributed by atoms with Gasteiger partial charge in [-0.2, -0.15) is 0 Å². The smallest absolute Gasteiger partial charge is 0.241 e. The molecule has 0 aliphatic carbocycles. The molecule has 2 heterocycles. The Morgan fingerprint density at radius 1 is 1.00 bits per heavy atom. The molecule has 1 aromatic carbocycles. The average molecular weight is 400 g/mol. The largest absolute Gasteiger partial charge is 0.368 e. The van der Waals surface area contributed by atoms with Crippen molar-refractivity contribution < 1.29 is 19.2 Å². The van der Waals surface area contributed by atoms with Gasteiger partial charge < -0.3 is 10.6 Å². The average Bonchev–Trinajstić information content (AvgIpc) is 2.72. The summed E-state index contributed by atoms with van der Waals surface area (Å²) in [5.74, 6) is -1.24. The summed E-state index contributed by atoms with van der Waals surface area (Å²) in [6, 6.07) is 9.40. The summed E-state index contributed by atoms with van der Waals surface area (Å²) in [6.45, 7) is 2.31. The maximum Gasteiger partial charge on any atom is 0.241 e. The van der Waals surface area contributed by atoms with Gasteiger partial charge in [0.15, 0.2) is 0 Å². The van der Waals surface area contributed by atoms with E-state index in [1.54, 1.807) is 0 Å². The van der Waals surface area contributed by atoms with E-state index >= 15 is 0 Å². The number of carbonyl (C=O) groups excluding carboxylic acids is 4. The van der Waals surface area contributed by atoms with E-state index in [0.717, 1.165) is 17.9 Å². The van der Waals surface area contributed by atoms with Crippen molar-refractivity contribution in [1.29, 1.82) is 0 Å². The lowest BCUT2D eigenvalue weighted by Crippen LogP contribution is -2.60. The number of piperidine rings is 1. The monoisotopic (exact) mass is 400 g/mol. The van der Waals surface area contributed by atoms with Gasteiger partial charge >= 0.3 is 0 Å². The minimum absolute atomic E-state index is 0.0191. The Morgan fingerprint density at radius 3 is 2.34 bits per heavy atom. The van der Waals surface area contributed by atoms with E-state index in [2.05, 4.69) is 17.0 Å². The van der Waals surface area contributed by atoms with Gasteiger partial charge in [0.25, 0.3) is 0 Å². The molecule has 2 aliphatic rings. The Bertz CT molecular complexity index is 751. The van der Waals surface area contributed by atoms with Crippen LogP contribution in [0.2, 0.25) is 0 Å². The minimum atomic E-state index is -0.695. The molecule has 1 aromatic rings. The molecule has 0 radical (unpaired) electrons. The van der Waals surface area contributed by atoms with Crippen LogP contribution in [0.1, 0.15) is 31.2 Å². The third kappa shape index (κ3) is 5.41. The van der Waals surface area contributed by atoms with Crippen LogP contribution in [0.3, 0.4) is 0 Å². The van der Waals surface area contributed by atoms with Crippen LogP contribution in [0, 0.1) is 0 Å². The van der Waals surface area contributed by atoms with Crippen molar-refractivity contribution in [1.82, 2.24) is 14.7 Å². The van der Waals surface area contributed by atoms with E-state index in [4.69, 9.17) is 5.73 Å². The fourth-order valence-corrected chi connectivity index (χ4v) is 3.92. The molecule has 4 amide bonds. The lowest BCUT2D eigenvalue weighted by atomic mass is 10.1. The second-order valence-corrected chi connectivity index (χ2v) is 7.58. The van der Waals surface area contributed by atoms with E-state index < -0.39 is 11.9 Å². The fraction of sp³-hybridized carbons (Fsp3) is 0.524. The van der Waals surface area contributed by atoms with Gasteiger partial charge in [-0.15, -0.1) is 0 Å². The third-order valence-corrected chi connectivity index (χ3v) is 5.61. The summed E-state index contributed by atoms with van der Waals surface area (Å²) in [7, 11) is 0. The van der Waals surface area contributed by atoms with Crippen molar-refractivity contribution in [3.05, 3.63) is 35.9 Å². The number of nitrogens with two attached hydrogens (primary N) is 1. The summed E-state index contributed by atoms with van der Waals surface area (Å²) in [5, 5.41) is 0. The highest BCUT2D eigenvalue weighted by atomic mass is 16.2. The van der Waals surface area contributed by atoms with E-state index in [0.29, 0.717) is 38.9 Å². The highest BCUT2D eigenvalue weighted by molar-refractivity contribution is 5.98. The SMILES string of the molecule is NC(=O)C1CN(CCc2ccccc2)CCN1C(=O)CCN1C(=O)CCCC1=O. The summed E-state index contributed by atoms with van der Waals surface area (Å²) >= 11 is 0. The van der Waals surface area contributed by atoms with E-state index in [1.807, 2.05) is 18.2 Å². The number of amides is 4. The first kappa shape index (κ1) is 21.0. The number of piperazine rings is 1. The molecule has 8 heteroatoms. The molecule has 1 unspecified atom stereocenters. The number of likely N-dealkylation sites (tertiary alicyclic amines) is 1. The molecule has 0 aromatic heterocycles. The zero-order chi connectivity index (χ0) is 20.8. The molecule has 29 heavy (non-hydrogen) atoms. The predicted molar refractivity (Wildman–Crippen MR) is 106 cm³/mol. The second-order valence-electron chi connectivity index (χ2n) is 7.58. The van der Waals surface area contributed by atoms with Crippen LogP contribution in [-0.4, -0.2) is 77.1 Å². The van der Waals surface area contributed by atoms with Gasteiger partial charge in [-0.3, -0.25) is 29.0 Å². The highest BCUT2D eigenvalue weighted by Crippen LogP contribution is 2.16. The zero-order valence-corrected chi connectivity index (χ0v) is 16.6. The van der Waals surface area contributed by atoms with Crippen LogP contribution >= 0.6 is 0 Å². The minimum Gasteiger partial charge on any atom is -0.368 e. The Hall–Kier alpha value is -2.74.